The van der Waals surface area contributed by atoms with Crippen LogP contribution in [-0.4, -0.2) is 70.5 Å². The Hall–Kier alpha value is -3.37. The first-order valence-electron chi connectivity index (χ1n) is 10.3. The van der Waals surface area contributed by atoms with E-state index in [0.29, 0.717) is 19.4 Å². The highest BCUT2D eigenvalue weighted by Gasteiger charge is 2.35. The predicted octanol–water partition coefficient (Wildman–Crippen LogP) is 2.38. The minimum absolute atomic E-state index is 0.131. The number of carbonyl (C=O) groups is 2. The summed E-state index contributed by atoms with van der Waals surface area (Å²) in [5.74, 6) is -3.04. The van der Waals surface area contributed by atoms with E-state index in [9.17, 15) is 22.8 Å². The summed E-state index contributed by atoms with van der Waals surface area (Å²) in [5.41, 5.74) is 0.496. The summed E-state index contributed by atoms with van der Waals surface area (Å²) >= 11 is 0. The molecule has 0 bridgehead atoms. The molecule has 0 N–H and O–H groups in total. The van der Waals surface area contributed by atoms with E-state index in [1.807, 2.05) is 0 Å². The van der Waals surface area contributed by atoms with Crippen LogP contribution in [0.2, 0.25) is 0 Å². The number of likely N-dealkylation sites (tertiary alicyclic amines) is 1. The van der Waals surface area contributed by atoms with Crippen LogP contribution in [-0.2, 0) is 11.2 Å². The summed E-state index contributed by atoms with van der Waals surface area (Å²) in [6, 6.07) is 2.78. The first-order valence-corrected chi connectivity index (χ1v) is 10.3. The summed E-state index contributed by atoms with van der Waals surface area (Å²) in [5, 5.41) is 0. The van der Waals surface area contributed by atoms with Crippen molar-refractivity contribution < 1.29 is 27.5 Å². The van der Waals surface area contributed by atoms with Crippen molar-refractivity contribution in [2.24, 2.45) is 0 Å². The lowest BCUT2D eigenvalue weighted by Crippen LogP contribution is -2.42. The van der Waals surface area contributed by atoms with Gasteiger partial charge < -0.3 is 14.5 Å². The number of urea groups is 1. The quantitative estimate of drug-likeness (QED) is 0.677. The van der Waals surface area contributed by atoms with E-state index in [1.165, 1.54) is 22.2 Å². The van der Waals surface area contributed by atoms with Gasteiger partial charge in [-0.25, -0.2) is 18.6 Å². The number of benzene rings is 1. The first-order chi connectivity index (χ1) is 15.4. The Balaban J connectivity index is 1.33. The van der Waals surface area contributed by atoms with Crippen molar-refractivity contribution in [1.29, 1.82) is 0 Å². The predicted molar refractivity (Wildman–Crippen MR) is 108 cm³/mol. The van der Waals surface area contributed by atoms with Gasteiger partial charge in [0, 0.05) is 37.8 Å². The first kappa shape index (κ1) is 21.8. The zero-order valence-corrected chi connectivity index (χ0v) is 17.4. The average molecular weight is 449 g/mol. The van der Waals surface area contributed by atoms with Crippen molar-refractivity contribution >= 4 is 17.6 Å². The second kappa shape index (κ2) is 9.01. The van der Waals surface area contributed by atoms with E-state index >= 15 is 0 Å². The van der Waals surface area contributed by atoms with Gasteiger partial charge in [0.05, 0.1) is 12.2 Å². The lowest BCUT2D eigenvalue weighted by molar-refractivity contribution is -0.130. The second-order valence-electron chi connectivity index (χ2n) is 7.62. The molecule has 3 amide bonds. The average Bonchev–Trinajstić information content (AvgIpc) is 3.39. The van der Waals surface area contributed by atoms with Gasteiger partial charge in [0.2, 0.25) is 11.7 Å². The zero-order valence-electron chi connectivity index (χ0n) is 17.4. The van der Waals surface area contributed by atoms with Crippen molar-refractivity contribution in [2.45, 2.75) is 25.9 Å². The molecule has 2 aliphatic rings. The fourth-order valence-electron chi connectivity index (χ4n) is 3.81. The largest absolute Gasteiger partial charge is 0.470 e. The molecule has 1 atom stereocenters. The standard InChI is InChI=1S/C21H22F3N5O3/c1-2-17-19(24)20(26-12-25-17)32-14-5-6-27(10-14)18(30)11-28-7-8-29(21(28)31)13-3-4-15(22)16(23)9-13/h3-4,9,12,14H,2,5-8,10-11H2,1H3/t14-/m1/s1. The van der Waals surface area contributed by atoms with Crippen LogP contribution in [0.25, 0.3) is 0 Å². The number of halogens is 3. The lowest BCUT2D eigenvalue weighted by atomic mass is 10.3. The molecule has 2 aromatic rings. The van der Waals surface area contributed by atoms with Gasteiger partial charge in [-0.05, 0) is 18.6 Å². The second-order valence-corrected chi connectivity index (χ2v) is 7.62. The third-order valence-corrected chi connectivity index (χ3v) is 5.58. The minimum Gasteiger partial charge on any atom is -0.470 e. The number of ether oxygens (including phenoxy) is 1. The fraction of sp³-hybridized carbons (Fsp3) is 0.429. The number of hydrogen-bond acceptors (Lipinski definition) is 5. The molecule has 0 saturated carbocycles. The summed E-state index contributed by atoms with van der Waals surface area (Å²) in [6.45, 7) is 2.83. The number of aromatic nitrogens is 2. The van der Waals surface area contributed by atoms with Crippen LogP contribution < -0.4 is 9.64 Å². The highest BCUT2D eigenvalue weighted by Crippen LogP contribution is 2.24. The van der Waals surface area contributed by atoms with Gasteiger partial charge in [-0.3, -0.25) is 9.69 Å². The van der Waals surface area contributed by atoms with Crippen molar-refractivity contribution in [1.82, 2.24) is 19.8 Å². The molecule has 2 fully saturated rings. The highest BCUT2D eigenvalue weighted by atomic mass is 19.2. The lowest BCUT2D eigenvalue weighted by Gasteiger charge is -2.22. The molecular weight excluding hydrogens is 427 g/mol. The SMILES string of the molecule is CCc1ncnc(O[C@@H]2CCN(C(=O)CN3CCN(c4ccc(F)c(F)c4)C3=O)C2)c1F. The normalized spacial score (nSPS) is 18.6. The number of amides is 3. The number of rotatable bonds is 6. The van der Waals surface area contributed by atoms with E-state index in [-0.39, 0.29) is 49.3 Å². The molecule has 3 heterocycles. The zero-order chi connectivity index (χ0) is 22.8. The molecular formula is C21H22F3N5O3. The van der Waals surface area contributed by atoms with E-state index in [4.69, 9.17) is 4.74 Å². The molecule has 0 aliphatic carbocycles. The fourth-order valence-corrected chi connectivity index (χ4v) is 3.81. The maximum Gasteiger partial charge on any atom is 0.325 e. The Morgan fingerprint density at radius 3 is 2.72 bits per heavy atom. The van der Waals surface area contributed by atoms with Crippen LogP contribution in [0.4, 0.5) is 23.7 Å². The van der Waals surface area contributed by atoms with Crippen LogP contribution in [0.3, 0.4) is 0 Å². The van der Waals surface area contributed by atoms with Gasteiger partial charge in [-0.2, -0.15) is 9.37 Å². The third kappa shape index (κ3) is 4.32. The number of aryl methyl sites for hydroxylation is 1. The van der Waals surface area contributed by atoms with Gasteiger partial charge in [-0.15, -0.1) is 0 Å². The van der Waals surface area contributed by atoms with Gasteiger partial charge in [0.1, 0.15) is 19.0 Å². The number of hydrogen-bond donors (Lipinski definition) is 0. The van der Waals surface area contributed by atoms with E-state index in [2.05, 4.69) is 9.97 Å². The Bertz CT molecular complexity index is 1040. The van der Waals surface area contributed by atoms with Crippen LogP contribution in [0.5, 0.6) is 5.88 Å². The molecule has 2 saturated heterocycles. The topological polar surface area (TPSA) is 78.9 Å². The van der Waals surface area contributed by atoms with Crippen molar-refractivity contribution in [2.75, 3.05) is 37.6 Å². The maximum absolute atomic E-state index is 14.3. The maximum atomic E-state index is 14.3. The molecule has 1 aromatic carbocycles. The summed E-state index contributed by atoms with van der Waals surface area (Å²) in [6.07, 6.45) is 1.74. The van der Waals surface area contributed by atoms with Crippen molar-refractivity contribution in [3.8, 4) is 5.88 Å². The number of anilines is 1. The number of carbonyl (C=O) groups excluding carboxylic acids is 2. The summed E-state index contributed by atoms with van der Waals surface area (Å²) in [4.78, 5) is 37.3. The summed E-state index contributed by atoms with van der Waals surface area (Å²) in [7, 11) is 0. The molecule has 8 nitrogen and oxygen atoms in total. The molecule has 4 rings (SSSR count). The number of nitrogens with zero attached hydrogens (tertiary/aromatic N) is 5. The van der Waals surface area contributed by atoms with Crippen LogP contribution in [0.1, 0.15) is 19.0 Å². The smallest absolute Gasteiger partial charge is 0.325 e. The molecule has 0 radical (unpaired) electrons. The van der Waals surface area contributed by atoms with Crippen LogP contribution in [0, 0.1) is 17.5 Å². The Kier molecular flexibility index (Phi) is 6.15. The van der Waals surface area contributed by atoms with E-state index in [0.717, 1.165) is 12.1 Å². The molecule has 2 aliphatic heterocycles. The molecule has 0 unspecified atom stereocenters. The Morgan fingerprint density at radius 2 is 1.97 bits per heavy atom. The summed E-state index contributed by atoms with van der Waals surface area (Å²) < 4.78 is 46.6. The van der Waals surface area contributed by atoms with Gasteiger partial charge in [0.15, 0.2) is 11.6 Å². The Morgan fingerprint density at radius 1 is 1.16 bits per heavy atom. The van der Waals surface area contributed by atoms with Crippen LogP contribution in [0.15, 0.2) is 24.5 Å². The Labute approximate surface area is 182 Å². The van der Waals surface area contributed by atoms with Crippen LogP contribution >= 0.6 is 0 Å². The molecule has 11 heteroatoms. The molecule has 0 spiro atoms. The van der Waals surface area contributed by atoms with Gasteiger partial charge >= 0.3 is 6.03 Å². The minimum atomic E-state index is -1.04. The van der Waals surface area contributed by atoms with Crippen molar-refractivity contribution in [3.63, 3.8) is 0 Å². The monoisotopic (exact) mass is 449 g/mol. The van der Waals surface area contributed by atoms with Gasteiger partial charge in [-0.1, -0.05) is 6.92 Å². The highest BCUT2D eigenvalue weighted by molar-refractivity contribution is 5.96. The molecule has 1 aromatic heterocycles. The molecule has 170 valence electrons. The molecule has 32 heavy (non-hydrogen) atoms. The van der Waals surface area contributed by atoms with E-state index < -0.39 is 29.6 Å². The van der Waals surface area contributed by atoms with Gasteiger partial charge in [0.25, 0.3) is 5.88 Å². The van der Waals surface area contributed by atoms with E-state index in [1.54, 1.807) is 11.8 Å². The van der Waals surface area contributed by atoms with Crippen molar-refractivity contribution in [3.05, 3.63) is 47.7 Å². The third-order valence-electron chi connectivity index (χ3n) is 5.58.